The second-order valence-corrected chi connectivity index (χ2v) is 6.23. The Morgan fingerprint density at radius 3 is 2.72 bits per heavy atom. The van der Waals surface area contributed by atoms with Gasteiger partial charge in [0.15, 0.2) is 13.2 Å². The van der Waals surface area contributed by atoms with Gasteiger partial charge in [-0.3, -0.25) is 9.59 Å². The van der Waals surface area contributed by atoms with E-state index < -0.39 is 5.56 Å². The number of hydrogen-bond donors (Lipinski definition) is 2. The van der Waals surface area contributed by atoms with Crippen molar-refractivity contribution in [2.75, 3.05) is 18.9 Å². The summed E-state index contributed by atoms with van der Waals surface area (Å²) in [5, 5.41) is 16.5. The van der Waals surface area contributed by atoms with Crippen molar-refractivity contribution in [3.05, 3.63) is 56.5 Å². The van der Waals surface area contributed by atoms with Gasteiger partial charge in [0.1, 0.15) is 11.6 Å². The molecule has 0 aliphatic heterocycles. The Morgan fingerprint density at radius 2 is 2.08 bits per heavy atom. The summed E-state index contributed by atoms with van der Waals surface area (Å²) in [4.78, 5) is 25.2. The van der Waals surface area contributed by atoms with E-state index in [2.05, 4.69) is 10.4 Å². The van der Waals surface area contributed by atoms with Crippen molar-refractivity contribution in [3.8, 4) is 6.07 Å². The number of benzene rings is 1. The van der Waals surface area contributed by atoms with Crippen LogP contribution in [0.3, 0.4) is 0 Å². The van der Waals surface area contributed by atoms with E-state index in [1.165, 1.54) is 4.68 Å². The molecule has 0 saturated carbocycles. The molecule has 1 aromatic heterocycles. The minimum absolute atomic E-state index is 0.0841. The van der Waals surface area contributed by atoms with Crippen molar-refractivity contribution >= 4 is 23.2 Å². The predicted octanol–water partition coefficient (Wildman–Crippen LogP) is 0.496. The molecule has 2 N–H and O–H groups in total. The first-order valence-corrected chi connectivity index (χ1v) is 8.05. The molecule has 1 amide bonds. The fourth-order valence-corrected chi connectivity index (χ4v) is 2.54. The molecule has 1 atom stereocenters. The van der Waals surface area contributed by atoms with Crippen LogP contribution in [0.25, 0.3) is 0 Å². The van der Waals surface area contributed by atoms with Gasteiger partial charge in [-0.1, -0.05) is 23.7 Å². The molecule has 8 heteroatoms. The summed E-state index contributed by atoms with van der Waals surface area (Å²) < 4.78 is 1.22. The summed E-state index contributed by atoms with van der Waals surface area (Å²) in [7, 11) is 1.77. The van der Waals surface area contributed by atoms with E-state index in [1.807, 2.05) is 6.07 Å². The normalized spacial score (nSPS) is 11.6. The molecular formula is C17H19ClN5O2+. The molecule has 2 rings (SSSR count). The van der Waals surface area contributed by atoms with Gasteiger partial charge >= 0.3 is 0 Å². The number of para-hydroxylation sites is 1. The van der Waals surface area contributed by atoms with E-state index in [1.54, 1.807) is 45.2 Å². The number of quaternary nitrogens is 1. The van der Waals surface area contributed by atoms with Crippen LogP contribution < -0.4 is 15.8 Å². The van der Waals surface area contributed by atoms with E-state index in [0.29, 0.717) is 22.0 Å². The molecule has 2 aromatic rings. The second kappa shape index (κ2) is 7.92. The molecule has 7 nitrogen and oxygen atoms in total. The second-order valence-electron chi connectivity index (χ2n) is 5.82. The highest BCUT2D eigenvalue weighted by Gasteiger charge is 2.16. The summed E-state index contributed by atoms with van der Waals surface area (Å²) in [6.07, 6.45) is 0. The number of anilines is 1. The minimum Gasteiger partial charge on any atom is -0.320 e. The smallest absolute Gasteiger partial charge is 0.289 e. The lowest BCUT2D eigenvalue weighted by Gasteiger charge is -2.16. The number of carbonyl (C=O) groups excluding carboxylic acids is 1. The zero-order valence-corrected chi connectivity index (χ0v) is 15.0. The van der Waals surface area contributed by atoms with Gasteiger partial charge in [-0.15, -0.1) is 0 Å². The van der Waals surface area contributed by atoms with Crippen LogP contribution in [0.5, 0.6) is 0 Å². The van der Waals surface area contributed by atoms with E-state index in [0.717, 1.165) is 4.90 Å². The summed E-state index contributed by atoms with van der Waals surface area (Å²) in [6, 6.07) is 8.88. The number of amides is 1. The highest BCUT2D eigenvalue weighted by atomic mass is 35.5. The van der Waals surface area contributed by atoms with Crippen molar-refractivity contribution in [1.29, 1.82) is 5.26 Å². The minimum atomic E-state index is -0.448. The highest BCUT2D eigenvalue weighted by Crippen LogP contribution is 2.19. The molecule has 0 aliphatic rings. The highest BCUT2D eigenvalue weighted by molar-refractivity contribution is 6.33. The summed E-state index contributed by atoms with van der Waals surface area (Å²) in [5.41, 5.74) is 1.37. The number of nitrogens with zero attached hydrogens (tertiary/aromatic N) is 3. The Morgan fingerprint density at radius 1 is 1.40 bits per heavy atom. The molecule has 0 bridgehead atoms. The first-order chi connectivity index (χ1) is 11.8. The number of carbonyl (C=O) groups is 1. The molecule has 130 valence electrons. The van der Waals surface area contributed by atoms with Crippen molar-refractivity contribution in [2.45, 2.75) is 20.5 Å². The van der Waals surface area contributed by atoms with Gasteiger partial charge in [-0.25, -0.2) is 0 Å². The van der Waals surface area contributed by atoms with Crippen LogP contribution in [0.15, 0.2) is 29.1 Å². The number of nitriles is 1. The van der Waals surface area contributed by atoms with Crippen molar-refractivity contribution in [1.82, 2.24) is 9.78 Å². The van der Waals surface area contributed by atoms with E-state index in [-0.39, 0.29) is 24.7 Å². The number of aryl methyl sites for hydroxylation is 1. The van der Waals surface area contributed by atoms with Gasteiger partial charge in [-0.05, 0) is 31.5 Å². The fourth-order valence-electron chi connectivity index (χ4n) is 2.35. The lowest BCUT2D eigenvalue weighted by Crippen LogP contribution is -3.09. The van der Waals surface area contributed by atoms with Crippen LogP contribution in [0.4, 0.5) is 5.69 Å². The zero-order chi connectivity index (χ0) is 18.6. The first kappa shape index (κ1) is 18.6. The first-order valence-electron chi connectivity index (χ1n) is 7.67. The molecule has 1 heterocycles. The Balaban J connectivity index is 2.08. The monoisotopic (exact) mass is 360 g/mol. The van der Waals surface area contributed by atoms with Crippen LogP contribution in [0.1, 0.15) is 16.8 Å². The van der Waals surface area contributed by atoms with Gasteiger partial charge in [0.2, 0.25) is 0 Å². The molecule has 0 aliphatic carbocycles. The van der Waals surface area contributed by atoms with Gasteiger partial charge in [0.05, 0.1) is 23.5 Å². The number of aromatic nitrogens is 2. The van der Waals surface area contributed by atoms with Crippen LogP contribution in [0, 0.1) is 25.2 Å². The number of likely N-dealkylation sites (N-methyl/N-ethyl adjacent to an activating group) is 1. The Kier molecular flexibility index (Phi) is 5.91. The maximum Gasteiger partial charge on any atom is 0.289 e. The lowest BCUT2D eigenvalue weighted by molar-refractivity contribution is -0.895. The van der Waals surface area contributed by atoms with E-state index in [9.17, 15) is 9.59 Å². The molecule has 0 radical (unpaired) electrons. The largest absolute Gasteiger partial charge is 0.320 e. The topological polar surface area (TPSA) is 92.2 Å². The Bertz CT molecular complexity index is 901. The van der Waals surface area contributed by atoms with Crippen LogP contribution in [0.2, 0.25) is 5.02 Å². The molecule has 0 fully saturated rings. The molecular weight excluding hydrogens is 342 g/mol. The maximum atomic E-state index is 12.3. The summed E-state index contributed by atoms with van der Waals surface area (Å²) >= 11 is 6.01. The molecule has 1 aromatic carbocycles. The van der Waals surface area contributed by atoms with Crippen LogP contribution in [-0.2, 0) is 11.5 Å². The molecule has 1 unspecified atom stereocenters. The SMILES string of the molecule is Cc1nn(C[NH+](C)CC(=O)Nc2ccccc2Cl)c(=O)c(C#N)c1C. The third-order valence-electron chi connectivity index (χ3n) is 3.78. The van der Waals surface area contributed by atoms with Gasteiger partial charge in [-0.2, -0.15) is 15.0 Å². The molecule has 25 heavy (non-hydrogen) atoms. The average molecular weight is 361 g/mol. The third kappa shape index (κ3) is 4.44. The Hall–Kier alpha value is -2.69. The summed E-state index contributed by atoms with van der Waals surface area (Å²) in [6.45, 7) is 3.73. The average Bonchev–Trinajstić information content (AvgIpc) is 2.55. The van der Waals surface area contributed by atoms with Gasteiger partial charge in [0.25, 0.3) is 11.5 Å². The predicted molar refractivity (Wildman–Crippen MR) is 94.5 cm³/mol. The van der Waals surface area contributed by atoms with Crippen molar-refractivity contribution in [2.24, 2.45) is 0 Å². The quantitative estimate of drug-likeness (QED) is 0.812. The number of halogens is 1. The van der Waals surface area contributed by atoms with Crippen LogP contribution >= 0.6 is 11.6 Å². The maximum absolute atomic E-state index is 12.3. The Labute approximate surface area is 150 Å². The standard InChI is InChI=1S/C17H18ClN5O2/c1-11-12(2)21-23(17(25)13(11)8-19)10-22(3)9-16(24)20-15-7-5-4-6-14(15)18/h4-7H,9-10H2,1-3H3,(H,20,24)/p+1. The lowest BCUT2D eigenvalue weighted by atomic mass is 10.1. The zero-order valence-electron chi connectivity index (χ0n) is 14.3. The van der Waals surface area contributed by atoms with Gasteiger partial charge in [0, 0.05) is 0 Å². The van der Waals surface area contributed by atoms with Gasteiger partial charge < -0.3 is 10.2 Å². The van der Waals surface area contributed by atoms with Crippen LogP contribution in [-0.4, -0.2) is 29.3 Å². The number of nitrogens with one attached hydrogen (secondary N) is 2. The number of rotatable bonds is 5. The molecule has 0 saturated heterocycles. The number of hydrogen-bond acceptors (Lipinski definition) is 4. The third-order valence-corrected chi connectivity index (χ3v) is 4.11. The van der Waals surface area contributed by atoms with E-state index in [4.69, 9.17) is 16.9 Å². The van der Waals surface area contributed by atoms with Crippen molar-refractivity contribution < 1.29 is 9.69 Å². The fraction of sp³-hybridized carbons (Fsp3) is 0.294. The van der Waals surface area contributed by atoms with E-state index >= 15 is 0 Å². The summed E-state index contributed by atoms with van der Waals surface area (Å²) in [5.74, 6) is -0.233. The molecule has 0 spiro atoms. The van der Waals surface area contributed by atoms with Crippen molar-refractivity contribution in [3.63, 3.8) is 0 Å².